The molecule has 1 aliphatic rings. The maximum Gasteiger partial charge on any atom is 0.243 e. The Balaban J connectivity index is 1.87. The molecular formula is C22H36N4O4S. The number of piperidine rings is 1. The van der Waals surface area contributed by atoms with Crippen molar-refractivity contribution < 1.29 is 18.0 Å². The monoisotopic (exact) mass is 452 g/mol. The maximum absolute atomic E-state index is 12.5. The van der Waals surface area contributed by atoms with Crippen LogP contribution in [0.5, 0.6) is 0 Å². The Morgan fingerprint density at radius 1 is 1.16 bits per heavy atom. The molecule has 1 aliphatic heterocycles. The molecule has 0 aliphatic carbocycles. The van der Waals surface area contributed by atoms with Crippen molar-refractivity contribution in [1.82, 2.24) is 14.5 Å². The summed E-state index contributed by atoms with van der Waals surface area (Å²) in [6.07, 6.45) is 2.03. The summed E-state index contributed by atoms with van der Waals surface area (Å²) in [5.74, 6) is 0.228. The number of anilines is 1. The van der Waals surface area contributed by atoms with Crippen LogP contribution in [0.3, 0.4) is 0 Å². The predicted molar refractivity (Wildman–Crippen MR) is 122 cm³/mol. The van der Waals surface area contributed by atoms with Crippen molar-refractivity contribution in [1.29, 1.82) is 0 Å². The molecule has 1 heterocycles. The Labute approximate surface area is 186 Å². The number of likely N-dealkylation sites (tertiary alicyclic amines) is 1. The van der Waals surface area contributed by atoms with E-state index in [1.54, 1.807) is 19.2 Å². The van der Waals surface area contributed by atoms with E-state index in [1.807, 2.05) is 27.7 Å². The molecule has 1 fully saturated rings. The van der Waals surface area contributed by atoms with E-state index in [9.17, 15) is 18.0 Å². The molecule has 1 aromatic carbocycles. The third-order valence-corrected chi connectivity index (χ3v) is 7.65. The zero-order valence-corrected chi connectivity index (χ0v) is 20.0. The third-order valence-electron chi connectivity index (χ3n) is 5.60. The summed E-state index contributed by atoms with van der Waals surface area (Å²) in [6, 6.07) is 6.10. The van der Waals surface area contributed by atoms with Crippen molar-refractivity contribution >= 4 is 27.5 Å². The first-order chi connectivity index (χ1) is 14.5. The summed E-state index contributed by atoms with van der Waals surface area (Å²) in [5, 5.41) is 5.82. The van der Waals surface area contributed by atoms with Gasteiger partial charge >= 0.3 is 0 Å². The zero-order valence-electron chi connectivity index (χ0n) is 19.2. The Morgan fingerprint density at radius 2 is 1.81 bits per heavy atom. The van der Waals surface area contributed by atoms with E-state index in [-0.39, 0.29) is 35.2 Å². The first-order valence-electron chi connectivity index (χ1n) is 10.9. The minimum absolute atomic E-state index is 0.0300. The quantitative estimate of drug-likeness (QED) is 0.598. The average molecular weight is 453 g/mol. The lowest BCUT2D eigenvalue weighted by Crippen LogP contribution is -2.44. The molecule has 1 aromatic rings. The van der Waals surface area contributed by atoms with Crippen molar-refractivity contribution in [3.05, 3.63) is 24.3 Å². The molecule has 31 heavy (non-hydrogen) atoms. The Kier molecular flexibility index (Phi) is 9.02. The Morgan fingerprint density at radius 3 is 2.39 bits per heavy atom. The predicted octanol–water partition coefficient (Wildman–Crippen LogP) is 2.14. The first-order valence-corrected chi connectivity index (χ1v) is 12.3. The van der Waals surface area contributed by atoms with Gasteiger partial charge in [0.15, 0.2) is 0 Å². The molecule has 8 nitrogen and oxygen atoms in total. The van der Waals surface area contributed by atoms with Crippen LogP contribution in [0.2, 0.25) is 0 Å². The van der Waals surface area contributed by atoms with Gasteiger partial charge in [0.1, 0.15) is 0 Å². The summed E-state index contributed by atoms with van der Waals surface area (Å²) in [7, 11) is -2.00. The largest absolute Gasteiger partial charge is 0.356 e. The molecule has 2 rings (SSSR count). The summed E-state index contributed by atoms with van der Waals surface area (Å²) < 4.78 is 26.4. The lowest BCUT2D eigenvalue weighted by atomic mass is 9.97. The van der Waals surface area contributed by atoms with Crippen LogP contribution in [-0.4, -0.2) is 68.7 Å². The van der Waals surface area contributed by atoms with Crippen LogP contribution in [0.15, 0.2) is 29.2 Å². The van der Waals surface area contributed by atoms with Crippen LogP contribution >= 0.6 is 0 Å². The molecule has 1 unspecified atom stereocenters. The fraction of sp³-hybridized carbons (Fsp3) is 0.636. The number of amides is 2. The van der Waals surface area contributed by atoms with E-state index in [4.69, 9.17) is 0 Å². The van der Waals surface area contributed by atoms with Crippen LogP contribution < -0.4 is 10.6 Å². The molecule has 9 heteroatoms. The van der Waals surface area contributed by atoms with Crippen molar-refractivity contribution in [3.8, 4) is 0 Å². The van der Waals surface area contributed by atoms with Crippen LogP contribution in [0.1, 0.15) is 40.5 Å². The fourth-order valence-corrected chi connectivity index (χ4v) is 4.84. The molecule has 0 aromatic heterocycles. The smallest absolute Gasteiger partial charge is 0.243 e. The summed E-state index contributed by atoms with van der Waals surface area (Å²) in [4.78, 5) is 26.5. The molecule has 2 amide bonds. The van der Waals surface area contributed by atoms with E-state index in [2.05, 4.69) is 15.5 Å². The van der Waals surface area contributed by atoms with E-state index >= 15 is 0 Å². The molecule has 174 valence electrons. The van der Waals surface area contributed by atoms with Crippen molar-refractivity contribution in [2.24, 2.45) is 11.8 Å². The number of carbonyl (C=O) groups excluding carboxylic acids is 2. The minimum Gasteiger partial charge on any atom is -0.356 e. The summed E-state index contributed by atoms with van der Waals surface area (Å²) >= 11 is 0. The lowest BCUT2D eigenvalue weighted by Gasteiger charge is -2.32. The van der Waals surface area contributed by atoms with Gasteiger partial charge in [-0.3, -0.25) is 14.5 Å². The molecule has 0 saturated carbocycles. The second-order valence-electron chi connectivity index (χ2n) is 8.83. The van der Waals surface area contributed by atoms with Gasteiger partial charge in [-0.2, -0.15) is 4.31 Å². The van der Waals surface area contributed by atoms with Gasteiger partial charge in [-0.25, -0.2) is 8.42 Å². The maximum atomic E-state index is 12.5. The standard InChI is InChI=1S/C22H36N4O4S/c1-16(2)22(28)23-13-18-7-6-12-26(14-18)15-21(27)24-19-8-10-20(11-9-19)31(29,30)25(5)17(3)4/h8-11,16-18H,6-7,12-15H2,1-5H3,(H,23,28)(H,24,27). The number of carbonyl (C=O) groups is 2. The second kappa shape index (κ2) is 11.1. The van der Waals surface area contributed by atoms with E-state index in [0.717, 1.165) is 25.9 Å². The number of rotatable bonds is 9. The topological polar surface area (TPSA) is 98.8 Å². The van der Waals surface area contributed by atoms with Gasteiger partial charge in [0, 0.05) is 37.8 Å². The molecular weight excluding hydrogens is 416 g/mol. The number of hydrogen-bond acceptors (Lipinski definition) is 5. The fourth-order valence-electron chi connectivity index (χ4n) is 3.47. The van der Waals surface area contributed by atoms with Gasteiger partial charge in [-0.05, 0) is 63.4 Å². The Hall–Kier alpha value is -1.97. The molecule has 1 saturated heterocycles. The number of benzene rings is 1. The van der Waals surface area contributed by atoms with Gasteiger partial charge in [0.25, 0.3) is 0 Å². The summed E-state index contributed by atoms with van der Waals surface area (Å²) in [6.45, 7) is 9.89. The van der Waals surface area contributed by atoms with Crippen LogP contribution in [0, 0.1) is 11.8 Å². The highest BCUT2D eigenvalue weighted by Gasteiger charge is 2.24. The SMILES string of the molecule is CC(C)C(=O)NCC1CCCN(CC(=O)Nc2ccc(S(=O)(=O)N(C)C(C)C)cc2)C1. The summed E-state index contributed by atoms with van der Waals surface area (Å²) in [5.41, 5.74) is 0.564. The first kappa shape index (κ1) is 25.3. The highest BCUT2D eigenvalue weighted by Crippen LogP contribution is 2.20. The third kappa shape index (κ3) is 7.29. The van der Waals surface area contributed by atoms with E-state index in [0.29, 0.717) is 18.2 Å². The van der Waals surface area contributed by atoms with Crippen LogP contribution in [-0.2, 0) is 19.6 Å². The second-order valence-corrected chi connectivity index (χ2v) is 10.8. The number of nitrogens with zero attached hydrogens (tertiary/aromatic N) is 2. The van der Waals surface area contributed by atoms with Gasteiger partial charge in [0.05, 0.1) is 11.4 Å². The van der Waals surface area contributed by atoms with Crippen molar-refractivity contribution in [2.45, 2.75) is 51.5 Å². The van der Waals surface area contributed by atoms with Crippen LogP contribution in [0.25, 0.3) is 0 Å². The minimum atomic E-state index is -3.55. The van der Waals surface area contributed by atoms with E-state index in [1.165, 1.54) is 16.4 Å². The molecule has 0 bridgehead atoms. The van der Waals surface area contributed by atoms with E-state index < -0.39 is 10.0 Å². The number of sulfonamides is 1. The lowest BCUT2D eigenvalue weighted by molar-refractivity contribution is -0.124. The van der Waals surface area contributed by atoms with Gasteiger partial charge in [0.2, 0.25) is 21.8 Å². The van der Waals surface area contributed by atoms with Crippen molar-refractivity contribution in [3.63, 3.8) is 0 Å². The highest BCUT2D eigenvalue weighted by molar-refractivity contribution is 7.89. The Bertz CT molecular complexity index is 853. The van der Waals surface area contributed by atoms with Gasteiger partial charge < -0.3 is 10.6 Å². The number of hydrogen-bond donors (Lipinski definition) is 2. The molecule has 0 spiro atoms. The van der Waals surface area contributed by atoms with Crippen molar-refractivity contribution in [2.75, 3.05) is 38.5 Å². The van der Waals surface area contributed by atoms with Crippen LogP contribution in [0.4, 0.5) is 5.69 Å². The number of nitrogens with one attached hydrogen (secondary N) is 2. The molecule has 2 N–H and O–H groups in total. The highest BCUT2D eigenvalue weighted by atomic mass is 32.2. The normalized spacial score (nSPS) is 17.9. The van der Waals surface area contributed by atoms with Gasteiger partial charge in [-0.1, -0.05) is 13.8 Å². The van der Waals surface area contributed by atoms with Gasteiger partial charge in [-0.15, -0.1) is 0 Å². The molecule has 0 radical (unpaired) electrons. The zero-order chi connectivity index (χ0) is 23.2. The molecule has 1 atom stereocenters. The average Bonchev–Trinajstić information content (AvgIpc) is 2.71.